The van der Waals surface area contributed by atoms with Gasteiger partial charge in [0.1, 0.15) is 10.7 Å². The number of ether oxygens (including phenoxy) is 2. The number of aryl methyl sites for hydroxylation is 1. The summed E-state index contributed by atoms with van der Waals surface area (Å²) in [7, 11) is 0. The molecule has 9 nitrogen and oxygen atoms in total. The number of hydrogen-bond acceptors (Lipinski definition) is 8. The Morgan fingerprint density at radius 2 is 1.87 bits per heavy atom. The van der Waals surface area contributed by atoms with Crippen molar-refractivity contribution < 1.29 is 19.4 Å². The molecule has 45 heavy (non-hydrogen) atoms. The molecule has 2 aromatic carbocycles. The van der Waals surface area contributed by atoms with Crippen LogP contribution in [0.5, 0.6) is 0 Å². The fourth-order valence-corrected chi connectivity index (χ4v) is 7.67. The maximum absolute atomic E-state index is 12.7. The van der Waals surface area contributed by atoms with Gasteiger partial charge in [0.05, 0.1) is 41.3 Å². The van der Waals surface area contributed by atoms with E-state index < -0.39 is 17.7 Å². The summed E-state index contributed by atoms with van der Waals surface area (Å²) in [5.74, 6) is -0.644. The Morgan fingerprint density at radius 3 is 2.51 bits per heavy atom. The van der Waals surface area contributed by atoms with Gasteiger partial charge in [-0.25, -0.2) is 19.3 Å². The molecule has 0 unspecified atom stereocenters. The summed E-state index contributed by atoms with van der Waals surface area (Å²) in [4.78, 5) is 25.4. The molecule has 5 heterocycles. The first-order valence-electron chi connectivity index (χ1n) is 15.3. The highest BCUT2D eigenvalue weighted by Crippen LogP contribution is 2.44. The van der Waals surface area contributed by atoms with Crippen molar-refractivity contribution in [2.75, 3.05) is 26.3 Å². The van der Waals surface area contributed by atoms with E-state index in [1.54, 1.807) is 0 Å². The molecule has 0 amide bonds. The number of hydrogen-bond donors (Lipinski definition) is 1. The molecule has 11 heteroatoms. The Labute approximate surface area is 270 Å². The number of carboxylic acids is 1. The third-order valence-electron chi connectivity index (χ3n) is 8.74. The Bertz CT molecular complexity index is 1880. The molecule has 2 saturated heterocycles. The summed E-state index contributed by atoms with van der Waals surface area (Å²) in [6, 6.07) is 11.9. The van der Waals surface area contributed by atoms with Crippen LogP contribution in [0, 0.1) is 6.92 Å². The lowest BCUT2D eigenvalue weighted by atomic mass is 9.90. The van der Waals surface area contributed by atoms with Crippen LogP contribution in [0.2, 0.25) is 5.02 Å². The molecule has 3 aromatic heterocycles. The van der Waals surface area contributed by atoms with Crippen LogP contribution in [0.15, 0.2) is 48.8 Å². The van der Waals surface area contributed by atoms with Gasteiger partial charge < -0.3 is 14.6 Å². The molecule has 0 radical (unpaired) electrons. The maximum Gasteiger partial charge on any atom is 0.337 e. The first kappa shape index (κ1) is 30.3. The summed E-state index contributed by atoms with van der Waals surface area (Å²) in [5.41, 5.74) is 5.94. The zero-order valence-corrected chi connectivity index (χ0v) is 27.4. The van der Waals surface area contributed by atoms with E-state index in [0.717, 1.165) is 82.4 Å². The minimum Gasteiger partial charge on any atom is -0.479 e. The number of benzene rings is 2. The fraction of sp³-hybridized carbons (Fsp3) is 0.412. The number of carboxylic acid groups (broad SMARTS) is 1. The van der Waals surface area contributed by atoms with Crippen LogP contribution in [0.4, 0.5) is 0 Å². The second-order valence-electron chi connectivity index (χ2n) is 13.0. The van der Waals surface area contributed by atoms with Gasteiger partial charge in [0, 0.05) is 27.9 Å². The van der Waals surface area contributed by atoms with E-state index in [4.69, 9.17) is 31.0 Å². The predicted molar refractivity (Wildman–Crippen MR) is 176 cm³/mol. The van der Waals surface area contributed by atoms with Crippen LogP contribution in [-0.4, -0.2) is 73.5 Å². The zero-order valence-electron chi connectivity index (χ0n) is 25.8. The lowest BCUT2D eigenvalue weighted by molar-refractivity contribution is -0.160. The van der Waals surface area contributed by atoms with Crippen molar-refractivity contribution in [1.82, 2.24) is 24.5 Å². The first-order valence-corrected chi connectivity index (χ1v) is 16.5. The van der Waals surface area contributed by atoms with E-state index in [-0.39, 0.29) is 0 Å². The second-order valence-corrected chi connectivity index (χ2v) is 14.4. The number of piperidine rings is 1. The van der Waals surface area contributed by atoms with E-state index in [1.807, 2.05) is 81.0 Å². The predicted octanol–water partition coefficient (Wildman–Crippen LogP) is 7.15. The minimum atomic E-state index is -1.17. The van der Waals surface area contributed by atoms with E-state index in [2.05, 4.69) is 10.00 Å². The number of halogens is 1. The molecule has 234 valence electrons. The number of carbonyl (C=O) groups is 1. The lowest BCUT2D eigenvalue weighted by Crippen LogP contribution is -2.51. The molecule has 1 atom stereocenters. The average molecular weight is 646 g/mol. The molecule has 5 aromatic rings. The molecule has 2 aliphatic heterocycles. The highest BCUT2D eigenvalue weighted by atomic mass is 35.5. The minimum absolute atomic E-state index is 0.398. The standard InChI is InChI=1S/C34H36ClN5O4S/c1-19-15-26-30(28(21-5-7-22(35)8-6-21)27(19)29(33(41)42)44-34(2,3)4)45-32(38-26)25-11-14-40-31(37-25)24(16-36-40)20-9-12-39(13-10-20)23-17-43-18-23/h5-8,11,14-16,20,23,29H,9-10,12-13,17-18H2,1-4H3,(H,41,42)/t29-/m0/s1. The van der Waals surface area contributed by atoms with E-state index in [1.165, 1.54) is 16.9 Å². The number of thiazole rings is 1. The maximum atomic E-state index is 12.7. The summed E-state index contributed by atoms with van der Waals surface area (Å²) < 4.78 is 14.3. The van der Waals surface area contributed by atoms with Crippen molar-refractivity contribution in [2.24, 2.45) is 0 Å². The summed E-state index contributed by atoms with van der Waals surface area (Å²) in [5, 5.41) is 16.4. The van der Waals surface area contributed by atoms with E-state index in [0.29, 0.717) is 22.5 Å². The Balaban J connectivity index is 1.31. The number of likely N-dealkylation sites (tertiary alicyclic amines) is 1. The largest absolute Gasteiger partial charge is 0.479 e. The second kappa shape index (κ2) is 11.7. The van der Waals surface area contributed by atoms with Gasteiger partial charge in [-0.05, 0) is 94.9 Å². The van der Waals surface area contributed by atoms with Crippen molar-refractivity contribution in [3.63, 3.8) is 0 Å². The Hall–Kier alpha value is -3.41. The zero-order chi connectivity index (χ0) is 31.5. The monoisotopic (exact) mass is 645 g/mol. The molecule has 1 N–H and O–H groups in total. The van der Waals surface area contributed by atoms with Gasteiger partial charge in [-0.2, -0.15) is 5.10 Å². The Kier molecular flexibility index (Phi) is 7.90. The van der Waals surface area contributed by atoms with Crippen molar-refractivity contribution in [3.05, 3.63) is 70.5 Å². The number of rotatable bonds is 7. The summed E-state index contributed by atoms with van der Waals surface area (Å²) >= 11 is 7.77. The molecule has 2 aliphatic rings. The molecule has 7 rings (SSSR count). The van der Waals surface area contributed by atoms with Gasteiger partial charge in [0.2, 0.25) is 0 Å². The van der Waals surface area contributed by atoms with Crippen LogP contribution in [0.1, 0.15) is 62.3 Å². The average Bonchev–Trinajstić information content (AvgIpc) is 3.59. The van der Waals surface area contributed by atoms with Gasteiger partial charge >= 0.3 is 5.97 Å². The van der Waals surface area contributed by atoms with E-state index in [9.17, 15) is 9.90 Å². The normalized spacial score (nSPS) is 17.6. The van der Waals surface area contributed by atoms with Crippen LogP contribution in [0.3, 0.4) is 0 Å². The third kappa shape index (κ3) is 5.86. The molecule has 0 bridgehead atoms. The topological polar surface area (TPSA) is 102 Å². The quantitative estimate of drug-likeness (QED) is 0.199. The van der Waals surface area contributed by atoms with Crippen molar-refractivity contribution >= 4 is 44.8 Å². The number of nitrogens with zero attached hydrogens (tertiary/aromatic N) is 5. The van der Waals surface area contributed by atoms with Crippen LogP contribution >= 0.6 is 22.9 Å². The molecule has 0 saturated carbocycles. The first-order chi connectivity index (χ1) is 21.6. The van der Waals surface area contributed by atoms with E-state index >= 15 is 0 Å². The van der Waals surface area contributed by atoms with Gasteiger partial charge in [0.15, 0.2) is 11.8 Å². The molecule has 0 spiro atoms. The van der Waals surface area contributed by atoms with Crippen LogP contribution in [-0.2, 0) is 14.3 Å². The summed E-state index contributed by atoms with van der Waals surface area (Å²) in [6.45, 7) is 11.3. The third-order valence-corrected chi connectivity index (χ3v) is 10.1. The SMILES string of the molecule is Cc1cc2nc(-c3ccn4ncc(C5CCN(C6COC6)CC5)c4n3)sc2c(-c2ccc(Cl)cc2)c1[C@H](OC(C)(C)C)C(=O)O. The van der Waals surface area contributed by atoms with Crippen molar-refractivity contribution in [1.29, 1.82) is 0 Å². The summed E-state index contributed by atoms with van der Waals surface area (Å²) in [6.07, 6.45) is 4.88. The van der Waals surface area contributed by atoms with Crippen molar-refractivity contribution in [2.45, 2.75) is 64.2 Å². The van der Waals surface area contributed by atoms with Gasteiger partial charge in [-0.15, -0.1) is 11.3 Å². The molecular formula is C34H36ClN5O4S. The highest BCUT2D eigenvalue weighted by Gasteiger charge is 2.33. The van der Waals surface area contributed by atoms with Gasteiger partial charge in [-0.3, -0.25) is 4.90 Å². The molecule has 0 aliphatic carbocycles. The van der Waals surface area contributed by atoms with Crippen molar-refractivity contribution in [3.8, 4) is 21.8 Å². The number of fused-ring (bicyclic) bond motifs is 2. The molecule has 2 fully saturated rings. The smallest absolute Gasteiger partial charge is 0.337 e. The molecular weight excluding hydrogens is 610 g/mol. The van der Waals surface area contributed by atoms with Crippen LogP contribution < -0.4 is 0 Å². The highest BCUT2D eigenvalue weighted by molar-refractivity contribution is 7.22. The lowest BCUT2D eigenvalue weighted by Gasteiger charge is -2.41. The Morgan fingerprint density at radius 1 is 1.13 bits per heavy atom. The van der Waals surface area contributed by atoms with Crippen LogP contribution in [0.25, 0.3) is 37.7 Å². The number of aliphatic carboxylic acids is 1. The van der Waals surface area contributed by atoms with Gasteiger partial charge in [-0.1, -0.05) is 23.7 Å². The van der Waals surface area contributed by atoms with Gasteiger partial charge in [0.25, 0.3) is 0 Å². The fourth-order valence-electron chi connectivity index (χ4n) is 6.45. The number of aromatic nitrogens is 4.